The molecule has 1 radical (unpaired) electrons. The number of anilines is 1. The molecule has 19 heteroatoms. The molecule has 0 aliphatic rings. The molecule has 16 nitrogen and oxygen atoms in total. The molecule has 1 amide bonds. The van der Waals surface area contributed by atoms with Gasteiger partial charge in [-0.25, -0.2) is 0 Å². The van der Waals surface area contributed by atoms with Gasteiger partial charge in [0.25, 0.3) is 30.4 Å². The SMILES string of the molecule is COc1[c]cc(C)c(/N=N/c2ccc(/N=N/c3cc(S(=O)(=O)O)c(NC(C)=O)cc3S(=O)(=O)O)c3cc(S(=O)(=O)O)ccc23)c1. The van der Waals surface area contributed by atoms with Crippen LogP contribution in [0.1, 0.15) is 12.5 Å². The molecule has 0 unspecified atom stereocenters. The zero-order chi connectivity index (χ0) is 33.3. The number of aryl methyl sites for hydroxylation is 1. The van der Waals surface area contributed by atoms with Crippen molar-refractivity contribution in [1.82, 2.24) is 0 Å². The molecule has 0 bridgehead atoms. The molecule has 235 valence electrons. The summed E-state index contributed by atoms with van der Waals surface area (Å²) in [6.07, 6.45) is 0. The van der Waals surface area contributed by atoms with Crippen molar-refractivity contribution in [2.75, 3.05) is 12.4 Å². The number of rotatable bonds is 9. The molecule has 4 rings (SSSR count). The van der Waals surface area contributed by atoms with Crippen LogP contribution in [-0.4, -0.2) is 51.9 Å². The summed E-state index contributed by atoms with van der Waals surface area (Å²) < 4.78 is 106. The van der Waals surface area contributed by atoms with E-state index in [1.807, 2.05) is 5.32 Å². The summed E-state index contributed by atoms with van der Waals surface area (Å²) in [5, 5.41) is 18.5. The minimum absolute atomic E-state index is 0.0271. The molecular formula is C26H22N5O11S3. The van der Waals surface area contributed by atoms with E-state index >= 15 is 0 Å². The number of carbonyl (C=O) groups excluding carboxylic acids is 1. The van der Waals surface area contributed by atoms with Gasteiger partial charge in [0.05, 0.1) is 34.8 Å². The minimum atomic E-state index is -5.11. The highest BCUT2D eigenvalue weighted by atomic mass is 32.2. The van der Waals surface area contributed by atoms with Gasteiger partial charge >= 0.3 is 0 Å². The van der Waals surface area contributed by atoms with E-state index in [1.165, 1.54) is 25.3 Å². The van der Waals surface area contributed by atoms with Crippen molar-refractivity contribution in [3.63, 3.8) is 0 Å². The van der Waals surface area contributed by atoms with Crippen LogP contribution in [0.15, 0.2) is 89.7 Å². The number of carbonyl (C=O) groups is 1. The molecule has 4 aromatic rings. The molecular weight excluding hydrogens is 655 g/mol. The van der Waals surface area contributed by atoms with Crippen LogP contribution in [0.4, 0.5) is 28.4 Å². The van der Waals surface area contributed by atoms with Gasteiger partial charge in [-0.1, -0.05) is 6.07 Å². The number of fused-ring (bicyclic) bond motifs is 1. The van der Waals surface area contributed by atoms with Crippen LogP contribution in [0.25, 0.3) is 10.8 Å². The molecule has 0 heterocycles. The van der Waals surface area contributed by atoms with Crippen LogP contribution in [0.2, 0.25) is 0 Å². The van der Waals surface area contributed by atoms with Gasteiger partial charge in [-0.15, -0.1) is 15.3 Å². The first kappa shape index (κ1) is 33.2. The van der Waals surface area contributed by atoms with Crippen molar-refractivity contribution < 1.29 is 48.4 Å². The molecule has 0 aliphatic carbocycles. The van der Waals surface area contributed by atoms with E-state index < -0.39 is 62.3 Å². The minimum Gasteiger partial charge on any atom is -0.496 e. The van der Waals surface area contributed by atoms with Gasteiger partial charge in [0.2, 0.25) is 5.91 Å². The van der Waals surface area contributed by atoms with Crippen LogP contribution in [-0.2, 0) is 35.1 Å². The van der Waals surface area contributed by atoms with E-state index in [0.29, 0.717) is 29.1 Å². The van der Waals surface area contributed by atoms with Gasteiger partial charge in [0.15, 0.2) is 0 Å². The average molecular weight is 677 g/mol. The molecule has 0 fully saturated rings. The molecule has 0 spiro atoms. The summed E-state index contributed by atoms with van der Waals surface area (Å²) in [4.78, 5) is 9.07. The number of methoxy groups -OCH3 is 1. The topological polar surface area (TPSA) is 251 Å². The van der Waals surface area contributed by atoms with Crippen molar-refractivity contribution in [3.05, 3.63) is 66.2 Å². The Bertz CT molecular complexity index is 2250. The van der Waals surface area contributed by atoms with Gasteiger partial charge in [-0.2, -0.15) is 30.4 Å². The standard InChI is InChI=1S/C26H22N5O11S3/c1-14-4-5-16(42-3)10-22(14)30-28-20-8-9-21(19-11-17(43(33,34)35)6-7-18(19)20)29-31-24-13-25(44(36,37)38)23(27-15(2)32)12-26(24)45(39,40)41/h4,6-13H,1-3H3,(H,27,32)(H,33,34,35)(H,36,37,38)(H,39,40,41)/b30-28+,31-29+. The van der Waals surface area contributed by atoms with Gasteiger partial charge in [0, 0.05) is 29.8 Å². The van der Waals surface area contributed by atoms with Crippen LogP contribution >= 0.6 is 0 Å². The number of hydrogen-bond donors (Lipinski definition) is 4. The fraction of sp³-hybridized carbons (Fsp3) is 0.115. The smallest absolute Gasteiger partial charge is 0.296 e. The molecule has 0 saturated heterocycles. The zero-order valence-electron chi connectivity index (χ0n) is 23.3. The Morgan fingerprint density at radius 2 is 1.31 bits per heavy atom. The van der Waals surface area contributed by atoms with Crippen LogP contribution in [0, 0.1) is 13.0 Å². The molecule has 45 heavy (non-hydrogen) atoms. The van der Waals surface area contributed by atoms with E-state index in [1.54, 1.807) is 19.1 Å². The lowest BCUT2D eigenvalue weighted by atomic mass is 10.1. The molecule has 4 N–H and O–H groups in total. The first-order valence-corrected chi connectivity index (χ1v) is 16.5. The summed E-state index contributed by atoms with van der Waals surface area (Å²) >= 11 is 0. The number of ether oxygens (including phenoxy) is 1. The summed E-state index contributed by atoms with van der Waals surface area (Å²) in [6.45, 7) is 2.75. The predicted molar refractivity (Wildman–Crippen MR) is 159 cm³/mol. The third-order valence-corrected chi connectivity index (χ3v) is 8.65. The summed E-state index contributed by atoms with van der Waals surface area (Å²) in [6, 6.07) is 13.4. The van der Waals surface area contributed by atoms with Crippen LogP contribution in [0.5, 0.6) is 5.75 Å². The Labute approximate surface area is 256 Å². The number of amides is 1. The number of hydrogen-bond acceptors (Lipinski definition) is 12. The third kappa shape index (κ3) is 7.71. The van der Waals surface area contributed by atoms with Crippen molar-refractivity contribution in [1.29, 1.82) is 0 Å². The molecule has 4 aromatic carbocycles. The van der Waals surface area contributed by atoms with Gasteiger partial charge in [-0.05, 0) is 55.0 Å². The predicted octanol–water partition coefficient (Wildman–Crippen LogP) is 5.49. The van der Waals surface area contributed by atoms with Crippen molar-refractivity contribution in [3.8, 4) is 5.75 Å². The Hall–Kier alpha value is -4.66. The largest absolute Gasteiger partial charge is 0.496 e. The van der Waals surface area contributed by atoms with Crippen molar-refractivity contribution >= 4 is 75.5 Å². The highest BCUT2D eigenvalue weighted by Gasteiger charge is 2.25. The molecule has 0 aromatic heterocycles. The maximum absolute atomic E-state index is 12.1. The van der Waals surface area contributed by atoms with E-state index in [0.717, 1.165) is 19.1 Å². The van der Waals surface area contributed by atoms with E-state index in [2.05, 4.69) is 26.5 Å². The fourth-order valence-corrected chi connectivity index (χ4v) is 5.73. The van der Waals surface area contributed by atoms with E-state index in [-0.39, 0.29) is 22.1 Å². The van der Waals surface area contributed by atoms with Gasteiger partial charge in [-0.3, -0.25) is 18.5 Å². The first-order valence-electron chi connectivity index (χ1n) is 12.2. The molecule has 0 aliphatic heterocycles. The van der Waals surface area contributed by atoms with Crippen LogP contribution in [0.3, 0.4) is 0 Å². The third-order valence-electron chi connectivity index (χ3n) is 6.02. The van der Waals surface area contributed by atoms with Gasteiger partial charge < -0.3 is 10.1 Å². The van der Waals surface area contributed by atoms with Crippen molar-refractivity contribution in [2.24, 2.45) is 20.5 Å². The lowest BCUT2D eigenvalue weighted by Gasteiger charge is -2.11. The Morgan fingerprint density at radius 1 is 0.733 bits per heavy atom. The summed E-state index contributed by atoms with van der Waals surface area (Å²) in [7, 11) is -13.4. The lowest BCUT2D eigenvalue weighted by Crippen LogP contribution is -2.12. The highest BCUT2D eigenvalue weighted by molar-refractivity contribution is 7.86. The van der Waals surface area contributed by atoms with E-state index in [4.69, 9.17) is 4.74 Å². The molecule has 0 saturated carbocycles. The maximum atomic E-state index is 12.1. The number of benzene rings is 4. The zero-order valence-corrected chi connectivity index (χ0v) is 25.8. The normalized spacial score (nSPS) is 12.7. The Morgan fingerprint density at radius 3 is 1.87 bits per heavy atom. The Balaban J connectivity index is 1.93. The number of azo groups is 2. The monoisotopic (exact) mass is 676 g/mol. The summed E-state index contributed by atoms with van der Waals surface area (Å²) in [5.41, 5.74) is -0.198. The second kappa shape index (κ2) is 12.4. The van der Waals surface area contributed by atoms with Crippen molar-refractivity contribution in [2.45, 2.75) is 28.5 Å². The molecule has 0 atom stereocenters. The first-order chi connectivity index (χ1) is 20.9. The Kier molecular flexibility index (Phi) is 9.15. The van der Waals surface area contributed by atoms with Gasteiger partial charge in [0.1, 0.15) is 21.2 Å². The fourth-order valence-electron chi connectivity index (χ4n) is 3.94. The van der Waals surface area contributed by atoms with E-state index in [9.17, 15) is 43.7 Å². The lowest BCUT2D eigenvalue weighted by molar-refractivity contribution is -0.114. The highest BCUT2D eigenvalue weighted by Crippen LogP contribution is 2.39. The maximum Gasteiger partial charge on any atom is 0.296 e. The number of nitrogens with one attached hydrogen (secondary N) is 1. The second-order valence-corrected chi connectivity index (χ2v) is 13.4. The second-order valence-electron chi connectivity index (χ2n) is 9.20. The average Bonchev–Trinajstić information content (AvgIpc) is 2.94. The summed E-state index contributed by atoms with van der Waals surface area (Å²) in [5.74, 6) is -0.423. The quantitative estimate of drug-likeness (QED) is 0.127. The van der Waals surface area contributed by atoms with Crippen LogP contribution < -0.4 is 10.1 Å². The number of nitrogens with zero attached hydrogens (tertiary/aromatic N) is 4.